The summed E-state index contributed by atoms with van der Waals surface area (Å²) in [6.07, 6.45) is 2.00. The van der Waals surface area contributed by atoms with Crippen LogP contribution in [0.25, 0.3) is 0 Å². The van der Waals surface area contributed by atoms with Gasteiger partial charge in [0, 0.05) is 5.41 Å². The van der Waals surface area contributed by atoms with Gasteiger partial charge in [-0.15, -0.1) is 0 Å². The molecule has 1 fully saturated rings. The van der Waals surface area contributed by atoms with Crippen molar-refractivity contribution in [2.45, 2.75) is 124 Å². The van der Waals surface area contributed by atoms with Crippen LogP contribution in [0.2, 0.25) is 28.5 Å². The fraction of sp³-hybridized carbons (Fsp3) is 1.00. The summed E-state index contributed by atoms with van der Waals surface area (Å²) in [6.45, 7) is 29.1. The van der Waals surface area contributed by atoms with E-state index in [0.29, 0.717) is 0 Å². The first-order valence-electron chi connectivity index (χ1n) is 11.2. The van der Waals surface area contributed by atoms with E-state index in [1.807, 2.05) is 0 Å². The Balaban J connectivity index is 0. The molecule has 0 spiro atoms. The fourth-order valence-electron chi connectivity index (χ4n) is 4.54. The predicted molar refractivity (Wildman–Crippen MR) is 128 cm³/mol. The van der Waals surface area contributed by atoms with Crippen molar-refractivity contribution in [2.24, 2.45) is 5.41 Å². The van der Waals surface area contributed by atoms with Crippen molar-refractivity contribution in [1.29, 1.82) is 0 Å². The third kappa shape index (κ3) is 13.0. The molecular formula is C23H52Ge2O2. The number of aliphatic hydroxyl groups is 2. The molecule has 0 bridgehead atoms. The van der Waals surface area contributed by atoms with Crippen molar-refractivity contribution >= 4 is 28.7 Å². The maximum Gasteiger partial charge on any atom is 0.0509 e. The molecule has 0 heterocycles. The van der Waals surface area contributed by atoms with E-state index in [0.717, 1.165) is 41.3 Å². The number of aliphatic hydroxyl groups excluding tert-OH is 2. The molecule has 27 heavy (non-hydrogen) atoms. The molecule has 0 saturated heterocycles. The molecule has 1 aliphatic rings. The van der Waals surface area contributed by atoms with Crippen LogP contribution in [0.4, 0.5) is 0 Å². The predicted octanol–water partition coefficient (Wildman–Crippen LogP) is 7.17. The summed E-state index contributed by atoms with van der Waals surface area (Å²) >= 11 is -1.44. The first-order chi connectivity index (χ1) is 12.3. The average Bonchev–Trinajstić information content (AvgIpc) is 3.26. The number of hydrogen-bond acceptors (Lipinski definition) is 2. The van der Waals surface area contributed by atoms with E-state index in [9.17, 15) is 0 Å². The molecule has 1 rings (SSSR count). The Hall–Kier alpha value is 1.01. The van der Waals surface area contributed by atoms with Crippen molar-refractivity contribution in [2.75, 3.05) is 13.2 Å². The van der Waals surface area contributed by atoms with Gasteiger partial charge in [-0.2, -0.15) is 0 Å². The van der Waals surface area contributed by atoms with Crippen LogP contribution in [0.1, 0.15) is 95.9 Å². The van der Waals surface area contributed by atoms with Gasteiger partial charge in [-0.3, -0.25) is 0 Å². The smallest absolute Gasteiger partial charge is 0.0509 e. The summed E-state index contributed by atoms with van der Waals surface area (Å²) in [5.41, 5.74) is -0.0556. The van der Waals surface area contributed by atoms with Crippen molar-refractivity contribution in [3.63, 3.8) is 0 Å². The molecule has 4 heteroatoms. The van der Waals surface area contributed by atoms with E-state index in [-0.39, 0.29) is 18.6 Å². The molecule has 0 amide bonds. The van der Waals surface area contributed by atoms with Gasteiger partial charge in [-0.05, 0) is 12.8 Å². The largest absolute Gasteiger partial charge is 0.396 e. The first-order valence-corrected chi connectivity index (χ1v) is 18.5. The van der Waals surface area contributed by atoms with E-state index in [2.05, 4.69) is 83.1 Å². The molecule has 2 radical (unpaired) electrons. The Labute approximate surface area is 181 Å². The topological polar surface area (TPSA) is 40.5 Å². The van der Waals surface area contributed by atoms with E-state index >= 15 is 0 Å². The van der Waals surface area contributed by atoms with Crippen LogP contribution in [0.15, 0.2) is 0 Å². The number of hydrogen-bond donors (Lipinski definition) is 2. The Morgan fingerprint density at radius 2 is 0.704 bits per heavy atom. The molecule has 0 aromatic rings. The molecule has 0 atom stereocenters. The minimum Gasteiger partial charge on any atom is -0.396 e. The average molecular weight is 506 g/mol. The van der Waals surface area contributed by atoms with Crippen LogP contribution in [-0.4, -0.2) is 52.1 Å². The number of rotatable bonds is 8. The molecule has 0 aromatic carbocycles. The van der Waals surface area contributed by atoms with Crippen LogP contribution in [0.5, 0.6) is 0 Å². The van der Waals surface area contributed by atoms with Gasteiger partial charge in [0.15, 0.2) is 0 Å². The summed E-state index contributed by atoms with van der Waals surface area (Å²) in [6, 6.07) is 0. The second kappa shape index (κ2) is 14.9. The van der Waals surface area contributed by atoms with E-state index in [1.54, 1.807) is 0 Å². The maximum atomic E-state index is 8.50. The van der Waals surface area contributed by atoms with E-state index in [4.69, 9.17) is 10.2 Å². The normalized spacial score (nSPS) is 15.8. The zero-order valence-electron chi connectivity index (χ0n) is 20.7. The van der Waals surface area contributed by atoms with Gasteiger partial charge in [0.2, 0.25) is 0 Å². The molecule has 0 aromatic heterocycles. The summed E-state index contributed by atoms with van der Waals surface area (Å²) in [7, 11) is 0. The fourth-order valence-corrected chi connectivity index (χ4v) is 21.3. The SMILES string of the molecule is C[CH](C)[Ge]([CH](C)C)[CH](C)C.C[CH](C)[Ge]([CH](C)C)[CH](C)C.OCC1(CO)CC1. The minimum absolute atomic E-state index is 0.0556. The van der Waals surface area contributed by atoms with E-state index < -0.39 is 28.7 Å². The van der Waals surface area contributed by atoms with Gasteiger partial charge in [0.25, 0.3) is 0 Å². The molecule has 2 nitrogen and oxygen atoms in total. The third-order valence-electron chi connectivity index (χ3n) is 5.63. The summed E-state index contributed by atoms with van der Waals surface area (Å²) in [4.78, 5) is 0. The van der Waals surface area contributed by atoms with Crippen molar-refractivity contribution in [3.8, 4) is 0 Å². The van der Waals surface area contributed by atoms with E-state index in [1.165, 1.54) is 0 Å². The first kappa shape index (κ1) is 30.2. The maximum absolute atomic E-state index is 8.50. The second-order valence-corrected chi connectivity index (χ2v) is 29.0. The Bertz CT molecular complexity index is 280. The van der Waals surface area contributed by atoms with Gasteiger partial charge < -0.3 is 10.2 Å². The molecule has 1 saturated carbocycles. The van der Waals surface area contributed by atoms with Crippen LogP contribution >= 0.6 is 0 Å². The van der Waals surface area contributed by atoms with Crippen LogP contribution < -0.4 is 0 Å². The molecule has 2 N–H and O–H groups in total. The summed E-state index contributed by atoms with van der Waals surface area (Å²) in [5.74, 6) is 0. The van der Waals surface area contributed by atoms with Gasteiger partial charge in [-0.25, -0.2) is 0 Å². The Kier molecular flexibility index (Phi) is 16.7. The van der Waals surface area contributed by atoms with Crippen LogP contribution in [0, 0.1) is 5.41 Å². The van der Waals surface area contributed by atoms with Crippen molar-refractivity contribution < 1.29 is 10.2 Å². The molecule has 0 aliphatic heterocycles. The third-order valence-corrected chi connectivity index (χ3v) is 22.4. The summed E-state index contributed by atoms with van der Waals surface area (Å²) < 4.78 is 6.00. The van der Waals surface area contributed by atoms with Crippen molar-refractivity contribution in [3.05, 3.63) is 0 Å². The molecule has 0 unspecified atom stereocenters. The quantitative estimate of drug-likeness (QED) is 0.343. The van der Waals surface area contributed by atoms with Gasteiger partial charge in [-0.1, -0.05) is 0 Å². The standard InChI is InChI=1S/2C9H21Ge.C5H10O2/c2*1-7(2)10(8(3)4)9(5)6;6-3-5(4-7)1-2-5/h2*7-9H,1-6H3;6-7H,1-4H2. The zero-order chi connectivity index (χ0) is 21.9. The summed E-state index contributed by atoms with van der Waals surface area (Å²) in [5, 5.41) is 17.0. The van der Waals surface area contributed by atoms with Gasteiger partial charge in [0.1, 0.15) is 0 Å². The molecule has 1 aliphatic carbocycles. The monoisotopic (exact) mass is 508 g/mol. The van der Waals surface area contributed by atoms with Crippen LogP contribution in [-0.2, 0) is 0 Å². The zero-order valence-corrected chi connectivity index (χ0v) is 24.9. The van der Waals surface area contributed by atoms with Crippen LogP contribution in [0.3, 0.4) is 0 Å². The Morgan fingerprint density at radius 1 is 0.519 bits per heavy atom. The molecular weight excluding hydrogens is 453 g/mol. The van der Waals surface area contributed by atoms with Gasteiger partial charge >= 0.3 is 140 Å². The molecule has 164 valence electrons. The van der Waals surface area contributed by atoms with Gasteiger partial charge in [0.05, 0.1) is 13.2 Å². The second-order valence-electron chi connectivity index (χ2n) is 10.2. The minimum atomic E-state index is -0.722. The Morgan fingerprint density at radius 3 is 0.704 bits per heavy atom. The van der Waals surface area contributed by atoms with Crippen molar-refractivity contribution in [1.82, 2.24) is 0 Å².